The molecule has 0 aliphatic carbocycles. The Morgan fingerprint density at radius 1 is 1.27 bits per heavy atom. The first-order valence-electron chi connectivity index (χ1n) is 8.75. The Labute approximate surface area is 152 Å². The number of fused-ring (bicyclic) bond motifs is 1. The highest BCUT2D eigenvalue weighted by atomic mass is 19.1. The van der Waals surface area contributed by atoms with Crippen LogP contribution in [0.1, 0.15) is 13.8 Å². The third-order valence-corrected chi connectivity index (χ3v) is 4.43. The van der Waals surface area contributed by atoms with Crippen LogP contribution in [0.25, 0.3) is 0 Å². The molecule has 5 nitrogen and oxygen atoms in total. The van der Waals surface area contributed by atoms with E-state index in [0.29, 0.717) is 25.4 Å². The monoisotopic (exact) mass is 358 g/mol. The molecule has 1 N–H and O–H groups in total. The molecule has 3 rings (SSSR count). The van der Waals surface area contributed by atoms with Crippen molar-refractivity contribution in [3.8, 4) is 11.5 Å². The van der Waals surface area contributed by atoms with Gasteiger partial charge in [-0.15, -0.1) is 0 Å². The van der Waals surface area contributed by atoms with Crippen molar-refractivity contribution in [2.24, 2.45) is 0 Å². The van der Waals surface area contributed by atoms with E-state index in [-0.39, 0.29) is 23.9 Å². The largest absolute Gasteiger partial charge is 0.486 e. The van der Waals surface area contributed by atoms with Crippen LogP contribution in [0.4, 0.5) is 10.1 Å². The third-order valence-electron chi connectivity index (χ3n) is 4.43. The van der Waals surface area contributed by atoms with E-state index in [4.69, 9.17) is 9.47 Å². The van der Waals surface area contributed by atoms with Crippen LogP contribution in [-0.2, 0) is 4.79 Å². The number of carbonyl (C=O) groups is 1. The predicted octanol–water partition coefficient (Wildman–Crippen LogP) is 3.31. The quantitative estimate of drug-likeness (QED) is 0.861. The number of rotatable bonds is 6. The summed E-state index contributed by atoms with van der Waals surface area (Å²) in [4.78, 5) is 14.5. The van der Waals surface area contributed by atoms with E-state index in [2.05, 4.69) is 5.32 Å². The van der Waals surface area contributed by atoms with Gasteiger partial charge in [0, 0.05) is 12.2 Å². The number of para-hydroxylation sites is 2. The van der Waals surface area contributed by atoms with Gasteiger partial charge in [-0.2, -0.15) is 0 Å². The zero-order chi connectivity index (χ0) is 18.5. The first-order valence-corrected chi connectivity index (χ1v) is 8.75. The number of anilines is 1. The van der Waals surface area contributed by atoms with Crippen LogP contribution in [0.15, 0.2) is 48.5 Å². The highest BCUT2D eigenvalue weighted by Crippen LogP contribution is 2.31. The van der Waals surface area contributed by atoms with Crippen LogP contribution in [0.3, 0.4) is 0 Å². The maximum Gasteiger partial charge on any atom is 0.241 e. The number of amides is 1. The summed E-state index contributed by atoms with van der Waals surface area (Å²) in [6, 6.07) is 13.0. The summed E-state index contributed by atoms with van der Waals surface area (Å²) in [5.74, 6) is 0.893. The van der Waals surface area contributed by atoms with Gasteiger partial charge < -0.3 is 14.8 Å². The zero-order valence-corrected chi connectivity index (χ0v) is 14.9. The number of hydrogen-bond donors (Lipinski definition) is 1. The zero-order valence-electron chi connectivity index (χ0n) is 14.9. The van der Waals surface area contributed by atoms with Gasteiger partial charge >= 0.3 is 0 Å². The maximum absolute atomic E-state index is 13.3. The van der Waals surface area contributed by atoms with Crippen molar-refractivity contribution in [2.45, 2.75) is 26.0 Å². The first kappa shape index (κ1) is 18.2. The SMILES string of the molecule is CCN(CC1COc2ccccc2O1)C(C)C(=O)Nc1cccc(F)c1. The smallest absolute Gasteiger partial charge is 0.241 e. The Kier molecular flexibility index (Phi) is 5.73. The molecule has 0 fully saturated rings. The van der Waals surface area contributed by atoms with Crippen LogP contribution >= 0.6 is 0 Å². The highest BCUT2D eigenvalue weighted by molar-refractivity contribution is 5.94. The van der Waals surface area contributed by atoms with Crippen molar-refractivity contribution in [1.82, 2.24) is 4.90 Å². The number of ether oxygens (including phenoxy) is 2. The molecular formula is C20H23FN2O3. The Morgan fingerprint density at radius 3 is 2.77 bits per heavy atom. The molecule has 1 aliphatic heterocycles. The predicted molar refractivity (Wildman–Crippen MR) is 98.1 cm³/mol. The van der Waals surface area contributed by atoms with Crippen molar-refractivity contribution in [1.29, 1.82) is 0 Å². The molecule has 0 aromatic heterocycles. The second kappa shape index (κ2) is 8.19. The normalized spacial score (nSPS) is 17.0. The molecule has 0 spiro atoms. The Balaban J connectivity index is 1.60. The first-order chi connectivity index (χ1) is 12.6. The maximum atomic E-state index is 13.3. The van der Waals surface area contributed by atoms with E-state index >= 15 is 0 Å². The van der Waals surface area contributed by atoms with E-state index in [1.807, 2.05) is 43.0 Å². The second-order valence-electron chi connectivity index (χ2n) is 6.26. The molecule has 1 heterocycles. The summed E-state index contributed by atoms with van der Waals surface area (Å²) in [6.45, 7) is 5.49. The van der Waals surface area contributed by atoms with Crippen LogP contribution in [0.5, 0.6) is 11.5 Å². The van der Waals surface area contributed by atoms with Gasteiger partial charge in [0.1, 0.15) is 18.5 Å². The lowest BCUT2D eigenvalue weighted by Gasteiger charge is -2.33. The minimum atomic E-state index is -0.385. The van der Waals surface area contributed by atoms with Crippen LogP contribution in [0, 0.1) is 5.82 Å². The number of benzene rings is 2. The number of nitrogens with zero attached hydrogens (tertiary/aromatic N) is 1. The van der Waals surface area contributed by atoms with Crippen molar-refractivity contribution < 1.29 is 18.7 Å². The van der Waals surface area contributed by atoms with Gasteiger partial charge in [0.25, 0.3) is 0 Å². The van der Waals surface area contributed by atoms with Gasteiger partial charge in [0.05, 0.1) is 6.04 Å². The van der Waals surface area contributed by atoms with Gasteiger partial charge in [0.15, 0.2) is 11.5 Å². The summed E-state index contributed by atoms with van der Waals surface area (Å²) in [6.07, 6.45) is -0.158. The average molecular weight is 358 g/mol. The van der Waals surface area contributed by atoms with E-state index in [1.54, 1.807) is 12.1 Å². The Bertz CT molecular complexity index is 768. The van der Waals surface area contributed by atoms with Crippen molar-refractivity contribution in [2.75, 3.05) is 25.0 Å². The van der Waals surface area contributed by atoms with Crippen molar-refractivity contribution >= 4 is 11.6 Å². The Hall–Kier alpha value is -2.60. The molecule has 2 aromatic rings. The Morgan fingerprint density at radius 2 is 2.04 bits per heavy atom. The molecule has 0 radical (unpaired) electrons. The lowest BCUT2D eigenvalue weighted by atomic mass is 10.2. The highest BCUT2D eigenvalue weighted by Gasteiger charge is 2.27. The molecule has 6 heteroatoms. The molecular weight excluding hydrogens is 335 g/mol. The van der Waals surface area contributed by atoms with Crippen molar-refractivity contribution in [3.05, 3.63) is 54.3 Å². The molecule has 1 aliphatic rings. The summed E-state index contributed by atoms with van der Waals surface area (Å²) < 4.78 is 25.0. The summed E-state index contributed by atoms with van der Waals surface area (Å²) >= 11 is 0. The molecule has 26 heavy (non-hydrogen) atoms. The van der Waals surface area contributed by atoms with Gasteiger partial charge in [0.2, 0.25) is 5.91 Å². The molecule has 138 valence electrons. The van der Waals surface area contributed by atoms with E-state index in [9.17, 15) is 9.18 Å². The average Bonchev–Trinajstić information content (AvgIpc) is 2.65. The lowest BCUT2D eigenvalue weighted by molar-refractivity contribution is -0.121. The fraction of sp³-hybridized carbons (Fsp3) is 0.350. The fourth-order valence-corrected chi connectivity index (χ4v) is 2.95. The molecule has 0 saturated carbocycles. The van der Waals surface area contributed by atoms with E-state index in [0.717, 1.165) is 11.5 Å². The van der Waals surface area contributed by atoms with Gasteiger partial charge in [-0.05, 0) is 43.8 Å². The summed E-state index contributed by atoms with van der Waals surface area (Å²) in [5, 5.41) is 2.76. The lowest BCUT2D eigenvalue weighted by Crippen LogP contribution is -2.48. The van der Waals surface area contributed by atoms with Gasteiger partial charge in [-0.3, -0.25) is 9.69 Å². The molecule has 1 amide bonds. The van der Waals surface area contributed by atoms with Crippen LogP contribution in [-0.4, -0.2) is 42.6 Å². The van der Waals surface area contributed by atoms with Crippen molar-refractivity contribution in [3.63, 3.8) is 0 Å². The summed E-state index contributed by atoms with van der Waals surface area (Å²) in [7, 11) is 0. The molecule has 0 saturated heterocycles. The number of hydrogen-bond acceptors (Lipinski definition) is 4. The number of nitrogens with one attached hydrogen (secondary N) is 1. The standard InChI is InChI=1S/C20H23FN2O3/c1-3-23(12-17-13-25-18-9-4-5-10-19(18)26-17)14(2)20(24)22-16-8-6-7-15(21)11-16/h4-11,14,17H,3,12-13H2,1-2H3,(H,22,24). The van der Waals surface area contributed by atoms with E-state index < -0.39 is 0 Å². The molecule has 0 bridgehead atoms. The fourth-order valence-electron chi connectivity index (χ4n) is 2.95. The van der Waals surface area contributed by atoms with Gasteiger partial charge in [-0.25, -0.2) is 4.39 Å². The molecule has 2 aromatic carbocycles. The second-order valence-corrected chi connectivity index (χ2v) is 6.26. The minimum Gasteiger partial charge on any atom is -0.486 e. The molecule has 2 atom stereocenters. The third kappa shape index (κ3) is 4.32. The van der Waals surface area contributed by atoms with Gasteiger partial charge in [-0.1, -0.05) is 25.1 Å². The topological polar surface area (TPSA) is 50.8 Å². The minimum absolute atomic E-state index is 0.158. The van der Waals surface area contributed by atoms with E-state index in [1.165, 1.54) is 12.1 Å². The van der Waals surface area contributed by atoms with Crippen LogP contribution < -0.4 is 14.8 Å². The number of carbonyl (C=O) groups excluding carboxylic acids is 1. The van der Waals surface area contributed by atoms with Crippen LogP contribution in [0.2, 0.25) is 0 Å². The summed E-state index contributed by atoms with van der Waals surface area (Å²) in [5.41, 5.74) is 0.448. The molecule has 2 unspecified atom stereocenters. The number of halogens is 1. The number of likely N-dealkylation sites (N-methyl/N-ethyl adjacent to an activating group) is 1.